The molecule has 0 radical (unpaired) electrons. The highest BCUT2D eigenvalue weighted by Gasteiger charge is 2.15. The van der Waals surface area contributed by atoms with Crippen LogP contribution in [0.3, 0.4) is 0 Å². The van der Waals surface area contributed by atoms with Gasteiger partial charge in [0.25, 0.3) is 5.89 Å². The van der Waals surface area contributed by atoms with Crippen LogP contribution in [0.2, 0.25) is 10.0 Å². The molecule has 2 aromatic carbocycles. The molecule has 2 N–H and O–H groups in total. The van der Waals surface area contributed by atoms with E-state index < -0.39 is 0 Å². The molecule has 0 saturated heterocycles. The minimum absolute atomic E-state index is 0.404. The Bertz CT molecular complexity index is 814. The summed E-state index contributed by atoms with van der Waals surface area (Å²) in [7, 11) is 0. The second-order valence-corrected chi connectivity index (χ2v) is 5.41. The summed E-state index contributed by atoms with van der Waals surface area (Å²) >= 11 is 12.0. The van der Waals surface area contributed by atoms with Crippen molar-refractivity contribution in [2.75, 3.05) is 5.73 Å². The van der Waals surface area contributed by atoms with E-state index in [1.54, 1.807) is 18.2 Å². The second-order valence-electron chi connectivity index (χ2n) is 4.57. The highest BCUT2D eigenvalue weighted by atomic mass is 35.5. The molecule has 0 unspecified atom stereocenters. The number of hydrogen-bond donors (Lipinski definition) is 1. The molecular weight excluding hydrogens is 309 g/mol. The number of aromatic nitrogens is 2. The number of halogens is 2. The third kappa shape index (κ3) is 2.60. The van der Waals surface area contributed by atoms with Gasteiger partial charge in [-0.2, -0.15) is 4.98 Å². The molecule has 0 atom stereocenters. The Morgan fingerprint density at radius 2 is 1.90 bits per heavy atom. The van der Waals surface area contributed by atoms with Gasteiger partial charge in [0.05, 0.1) is 5.02 Å². The van der Waals surface area contributed by atoms with Crippen LogP contribution in [0, 0.1) is 6.92 Å². The summed E-state index contributed by atoms with van der Waals surface area (Å²) in [5.41, 5.74) is 8.94. The molecule has 1 heterocycles. The third-order valence-electron chi connectivity index (χ3n) is 3.20. The highest BCUT2D eigenvalue weighted by Crippen LogP contribution is 2.31. The SMILES string of the molecule is Cc1c(N)cccc1-c1nc(-c2ccc(Cl)cc2Cl)no1. The minimum Gasteiger partial charge on any atom is -0.398 e. The van der Waals surface area contributed by atoms with E-state index in [9.17, 15) is 0 Å². The molecule has 0 aliphatic carbocycles. The van der Waals surface area contributed by atoms with E-state index in [2.05, 4.69) is 10.1 Å². The maximum absolute atomic E-state index is 6.15. The zero-order chi connectivity index (χ0) is 15.0. The molecule has 1 aromatic heterocycles. The third-order valence-corrected chi connectivity index (χ3v) is 3.75. The van der Waals surface area contributed by atoms with Crippen molar-refractivity contribution < 1.29 is 4.52 Å². The van der Waals surface area contributed by atoms with Crippen molar-refractivity contribution in [2.45, 2.75) is 6.92 Å². The maximum atomic E-state index is 6.15. The van der Waals surface area contributed by atoms with Crippen LogP contribution >= 0.6 is 23.2 Å². The standard InChI is InChI=1S/C15H11Cl2N3O/c1-8-10(3-2-4-13(8)18)15-19-14(20-21-15)11-6-5-9(16)7-12(11)17/h2-7H,18H2,1H3. The Kier molecular flexibility index (Phi) is 3.57. The zero-order valence-electron chi connectivity index (χ0n) is 11.1. The van der Waals surface area contributed by atoms with Crippen molar-refractivity contribution in [1.29, 1.82) is 0 Å². The average Bonchev–Trinajstić information content (AvgIpc) is 2.91. The minimum atomic E-state index is 0.404. The normalized spacial score (nSPS) is 10.8. The first kappa shape index (κ1) is 13.9. The fraction of sp³-hybridized carbons (Fsp3) is 0.0667. The van der Waals surface area contributed by atoms with Crippen LogP contribution in [0.5, 0.6) is 0 Å². The van der Waals surface area contributed by atoms with Gasteiger partial charge in [-0.3, -0.25) is 0 Å². The largest absolute Gasteiger partial charge is 0.398 e. The van der Waals surface area contributed by atoms with Gasteiger partial charge in [-0.1, -0.05) is 34.4 Å². The van der Waals surface area contributed by atoms with Crippen LogP contribution < -0.4 is 5.73 Å². The molecule has 106 valence electrons. The second kappa shape index (κ2) is 5.39. The van der Waals surface area contributed by atoms with Crippen LogP contribution in [0.1, 0.15) is 5.56 Å². The molecule has 3 rings (SSSR count). The van der Waals surface area contributed by atoms with Crippen LogP contribution in [0.25, 0.3) is 22.8 Å². The fourth-order valence-corrected chi connectivity index (χ4v) is 2.49. The molecule has 0 aliphatic heterocycles. The topological polar surface area (TPSA) is 64.9 Å². The summed E-state index contributed by atoms with van der Waals surface area (Å²) in [6, 6.07) is 10.7. The lowest BCUT2D eigenvalue weighted by molar-refractivity contribution is 0.432. The van der Waals surface area contributed by atoms with Crippen molar-refractivity contribution >= 4 is 28.9 Å². The number of rotatable bonds is 2. The van der Waals surface area contributed by atoms with Gasteiger partial charge in [-0.05, 0) is 42.8 Å². The lowest BCUT2D eigenvalue weighted by Gasteiger charge is -2.03. The summed E-state index contributed by atoms with van der Waals surface area (Å²) in [4.78, 5) is 4.38. The molecular formula is C15H11Cl2N3O. The van der Waals surface area contributed by atoms with Crippen LogP contribution in [0.4, 0.5) is 5.69 Å². The summed E-state index contributed by atoms with van der Waals surface area (Å²) in [6.07, 6.45) is 0. The Balaban J connectivity index is 2.06. The number of hydrogen-bond acceptors (Lipinski definition) is 4. The molecule has 6 heteroatoms. The monoisotopic (exact) mass is 319 g/mol. The van der Waals surface area contributed by atoms with Gasteiger partial charge in [0.2, 0.25) is 5.82 Å². The van der Waals surface area contributed by atoms with Crippen molar-refractivity contribution in [1.82, 2.24) is 10.1 Å². The first-order chi connectivity index (χ1) is 10.1. The van der Waals surface area contributed by atoms with E-state index in [1.807, 2.05) is 25.1 Å². The molecule has 0 spiro atoms. The van der Waals surface area contributed by atoms with E-state index in [0.29, 0.717) is 33.0 Å². The summed E-state index contributed by atoms with van der Waals surface area (Å²) in [5, 5.41) is 5.00. The molecule has 0 aliphatic rings. The fourth-order valence-electron chi connectivity index (χ4n) is 2.00. The van der Waals surface area contributed by atoms with Crippen LogP contribution in [0.15, 0.2) is 40.9 Å². The van der Waals surface area contributed by atoms with Crippen molar-refractivity contribution in [3.8, 4) is 22.8 Å². The molecule has 0 amide bonds. The summed E-state index contributed by atoms with van der Waals surface area (Å²) in [5.74, 6) is 0.814. The molecule has 0 saturated carbocycles. The maximum Gasteiger partial charge on any atom is 0.258 e. The summed E-state index contributed by atoms with van der Waals surface area (Å²) < 4.78 is 5.32. The number of nitrogens with zero attached hydrogens (tertiary/aromatic N) is 2. The first-order valence-electron chi connectivity index (χ1n) is 6.21. The Morgan fingerprint density at radius 1 is 1.10 bits per heavy atom. The molecule has 21 heavy (non-hydrogen) atoms. The van der Waals surface area contributed by atoms with Gasteiger partial charge in [0.1, 0.15) is 0 Å². The van der Waals surface area contributed by atoms with Crippen molar-refractivity contribution in [3.05, 3.63) is 52.0 Å². The summed E-state index contributed by atoms with van der Waals surface area (Å²) in [6.45, 7) is 1.91. The van der Waals surface area contributed by atoms with Gasteiger partial charge in [-0.15, -0.1) is 0 Å². The van der Waals surface area contributed by atoms with Gasteiger partial charge in [0.15, 0.2) is 0 Å². The number of anilines is 1. The number of nitrogen functional groups attached to an aromatic ring is 1. The van der Waals surface area contributed by atoms with E-state index in [4.69, 9.17) is 33.5 Å². The van der Waals surface area contributed by atoms with Crippen LogP contribution in [-0.2, 0) is 0 Å². The molecule has 0 fully saturated rings. The Hall–Kier alpha value is -2.04. The number of nitrogens with two attached hydrogens (primary N) is 1. The Morgan fingerprint density at radius 3 is 2.67 bits per heavy atom. The van der Waals surface area contributed by atoms with E-state index in [0.717, 1.165) is 11.1 Å². The van der Waals surface area contributed by atoms with Crippen molar-refractivity contribution in [2.24, 2.45) is 0 Å². The van der Waals surface area contributed by atoms with E-state index in [-0.39, 0.29) is 0 Å². The van der Waals surface area contributed by atoms with Gasteiger partial charge >= 0.3 is 0 Å². The lowest BCUT2D eigenvalue weighted by atomic mass is 10.1. The predicted molar refractivity (Wildman–Crippen MR) is 84.3 cm³/mol. The first-order valence-corrected chi connectivity index (χ1v) is 6.96. The number of benzene rings is 2. The van der Waals surface area contributed by atoms with Gasteiger partial charge in [0, 0.05) is 21.8 Å². The van der Waals surface area contributed by atoms with Gasteiger partial charge in [-0.25, -0.2) is 0 Å². The van der Waals surface area contributed by atoms with E-state index >= 15 is 0 Å². The van der Waals surface area contributed by atoms with Crippen LogP contribution in [-0.4, -0.2) is 10.1 Å². The van der Waals surface area contributed by atoms with E-state index in [1.165, 1.54) is 0 Å². The predicted octanol–water partition coefficient (Wildman–Crippen LogP) is 4.60. The van der Waals surface area contributed by atoms with Crippen molar-refractivity contribution in [3.63, 3.8) is 0 Å². The highest BCUT2D eigenvalue weighted by molar-refractivity contribution is 6.36. The lowest BCUT2D eigenvalue weighted by Crippen LogP contribution is -1.92. The Labute approximate surface area is 131 Å². The molecule has 4 nitrogen and oxygen atoms in total. The quantitative estimate of drug-likeness (QED) is 0.701. The molecule has 3 aromatic rings. The van der Waals surface area contributed by atoms with Gasteiger partial charge < -0.3 is 10.3 Å². The molecule has 0 bridgehead atoms. The zero-order valence-corrected chi connectivity index (χ0v) is 12.6. The average molecular weight is 320 g/mol. The smallest absolute Gasteiger partial charge is 0.258 e.